The highest BCUT2D eigenvalue weighted by Gasteiger charge is 2.34. The lowest BCUT2D eigenvalue weighted by Gasteiger charge is -2.44. The zero-order valence-electron chi connectivity index (χ0n) is 25.6. The molecule has 1 unspecified atom stereocenters. The maximum absolute atomic E-state index is 15.1. The largest absolute Gasteiger partial charge is 0.355 e. The molecule has 0 spiro atoms. The Morgan fingerprint density at radius 3 is 2.48 bits per heavy atom. The van der Waals surface area contributed by atoms with Crippen molar-refractivity contribution < 1.29 is 13.4 Å². The second-order valence-corrected chi connectivity index (χ2v) is 13.3. The highest BCUT2D eigenvalue weighted by Crippen LogP contribution is 2.37. The van der Waals surface area contributed by atoms with Gasteiger partial charge in [0.25, 0.3) is 0 Å². The van der Waals surface area contributed by atoms with Crippen LogP contribution in [0.5, 0.6) is 0 Å². The Bertz CT molecular complexity index is 1890. The molecule has 2 aromatic carbocycles. The molecular formula is C33H35ClFN5O3S. The van der Waals surface area contributed by atoms with Crippen LogP contribution in [0.4, 0.5) is 10.2 Å². The number of pyridine rings is 1. The summed E-state index contributed by atoms with van der Waals surface area (Å²) in [6, 6.07) is 11.2. The lowest BCUT2D eigenvalue weighted by molar-refractivity contribution is -0.128. The fourth-order valence-electron chi connectivity index (χ4n) is 5.90. The summed E-state index contributed by atoms with van der Waals surface area (Å²) >= 11 is 6.82. The molecule has 0 saturated carbocycles. The number of aryl methyl sites for hydroxylation is 1. The summed E-state index contributed by atoms with van der Waals surface area (Å²) in [6.45, 7) is 14.2. The lowest BCUT2D eigenvalue weighted by atomic mass is 9.97. The quantitative estimate of drug-likeness (QED) is 0.241. The first-order valence-electron chi connectivity index (χ1n) is 14.4. The summed E-state index contributed by atoms with van der Waals surface area (Å²) in [5.41, 5.74) is 2.20. The molecule has 1 aliphatic heterocycles. The molecule has 0 radical (unpaired) electrons. The van der Waals surface area contributed by atoms with Crippen LogP contribution >= 0.6 is 11.6 Å². The Balaban J connectivity index is 1.85. The maximum Gasteiger partial charge on any atom is 0.355 e. The molecule has 1 saturated heterocycles. The van der Waals surface area contributed by atoms with Crippen molar-refractivity contribution in [1.82, 2.24) is 19.4 Å². The van der Waals surface area contributed by atoms with Gasteiger partial charge in [-0.15, -0.1) is 0 Å². The van der Waals surface area contributed by atoms with E-state index in [0.29, 0.717) is 34.9 Å². The molecule has 0 N–H and O–H groups in total. The molecule has 3 heterocycles. The van der Waals surface area contributed by atoms with Crippen LogP contribution in [0, 0.1) is 12.7 Å². The molecule has 11 heteroatoms. The third kappa shape index (κ3) is 5.57. The van der Waals surface area contributed by atoms with Gasteiger partial charge in [0.15, 0.2) is 5.65 Å². The minimum absolute atomic E-state index is 0.0384. The molecule has 5 rings (SSSR count). The van der Waals surface area contributed by atoms with Gasteiger partial charge in [-0.1, -0.05) is 44.2 Å². The number of nitrogens with zero attached hydrogens (tertiary/aromatic N) is 5. The van der Waals surface area contributed by atoms with Gasteiger partial charge in [-0.25, -0.2) is 18.7 Å². The van der Waals surface area contributed by atoms with Crippen LogP contribution in [0.1, 0.15) is 44.7 Å². The Hall–Kier alpha value is -3.89. The molecule has 1 fully saturated rings. The van der Waals surface area contributed by atoms with E-state index in [0.717, 1.165) is 11.1 Å². The maximum atomic E-state index is 15.1. The molecule has 2 aromatic heterocycles. The second kappa shape index (κ2) is 12.2. The van der Waals surface area contributed by atoms with Gasteiger partial charge in [0.05, 0.1) is 21.8 Å². The van der Waals surface area contributed by atoms with Crippen molar-refractivity contribution in [3.63, 3.8) is 0 Å². The van der Waals surface area contributed by atoms with Gasteiger partial charge < -0.3 is 9.80 Å². The number of amides is 1. The summed E-state index contributed by atoms with van der Waals surface area (Å²) in [6.07, 6.45) is 2.92. The van der Waals surface area contributed by atoms with E-state index in [9.17, 15) is 13.8 Å². The number of carbonyl (C=O) groups excluding carboxylic acids is 1. The fraction of sp³-hybridized carbons (Fsp3) is 0.333. The molecule has 1 aliphatic rings. The van der Waals surface area contributed by atoms with Crippen molar-refractivity contribution in [1.29, 1.82) is 0 Å². The van der Waals surface area contributed by atoms with Gasteiger partial charge >= 0.3 is 5.69 Å². The van der Waals surface area contributed by atoms with Gasteiger partial charge in [-0.2, -0.15) is 4.98 Å². The highest BCUT2D eigenvalue weighted by atomic mass is 35.5. The van der Waals surface area contributed by atoms with Crippen LogP contribution in [0.2, 0.25) is 5.02 Å². The number of hydrogen-bond donors (Lipinski definition) is 0. The van der Waals surface area contributed by atoms with Crippen LogP contribution in [0.3, 0.4) is 0 Å². The summed E-state index contributed by atoms with van der Waals surface area (Å²) < 4.78 is 29.0. The summed E-state index contributed by atoms with van der Waals surface area (Å²) in [5.74, 6) is -0.312. The van der Waals surface area contributed by atoms with Gasteiger partial charge in [0.1, 0.15) is 11.6 Å². The Labute approximate surface area is 263 Å². The van der Waals surface area contributed by atoms with E-state index in [1.165, 1.54) is 16.7 Å². The minimum Gasteiger partial charge on any atom is -0.349 e. The fourth-order valence-corrected chi connectivity index (χ4v) is 6.79. The van der Waals surface area contributed by atoms with Crippen molar-refractivity contribution in [3.05, 3.63) is 87.6 Å². The Morgan fingerprint density at radius 2 is 1.84 bits per heavy atom. The number of piperazine rings is 1. The Morgan fingerprint density at radius 1 is 1.14 bits per heavy atom. The first kappa shape index (κ1) is 31.5. The lowest BCUT2D eigenvalue weighted by Crippen LogP contribution is -2.58. The topological polar surface area (TPSA) is 88.4 Å². The van der Waals surface area contributed by atoms with Crippen LogP contribution < -0.4 is 10.6 Å². The minimum atomic E-state index is -1.24. The number of anilines is 1. The highest BCUT2D eigenvalue weighted by molar-refractivity contribution is 7.84. The predicted molar refractivity (Wildman–Crippen MR) is 175 cm³/mol. The SMILES string of the molecule is C=CC(=O)N1C[C@H](C)N(c2nc(=O)n(-c3c(C)cc(S(C)=O)cc3C(C)C)c3nc(-c4ccccc4F)c(Cl)cc23)C[C@@H]1C. The number of aromatic nitrogens is 3. The van der Waals surface area contributed by atoms with E-state index in [4.69, 9.17) is 16.6 Å². The van der Waals surface area contributed by atoms with E-state index in [-0.39, 0.29) is 45.8 Å². The molecule has 3 atom stereocenters. The van der Waals surface area contributed by atoms with Crippen molar-refractivity contribution in [3.8, 4) is 16.9 Å². The monoisotopic (exact) mass is 635 g/mol. The van der Waals surface area contributed by atoms with E-state index >= 15 is 4.39 Å². The van der Waals surface area contributed by atoms with Crippen molar-refractivity contribution in [2.24, 2.45) is 0 Å². The van der Waals surface area contributed by atoms with Crippen LogP contribution in [-0.2, 0) is 15.6 Å². The van der Waals surface area contributed by atoms with Crippen LogP contribution in [-0.4, -0.2) is 61.0 Å². The van der Waals surface area contributed by atoms with Crippen LogP contribution in [0.15, 0.2) is 64.8 Å². The third-order valence-corrected chi connectivity index (χ3v) is 9.31. The van der Waals surface area contributed by atoms with Crippen LogP contribution in [0.25, 0.3) is 28.0 Å². The zero-order valence-corrected chi connectivity index (χ0v) is 27.2. The first-order chi connectivity index (χ1) is 20.8. The van der Waals surface area contributed by atoms with Gasteiger partial charge in [0, 0.05) is 52.7 Å². The molecule has 0 aliphatic carbocycles. The van der Waals surface area contributed by atoms with E-state index in [2.05, 4.69) is 11.6 Å². The second-order valence-electron chi connectivity index (χ2n) is 11.6. The predicted octanol–water partition coefficient (Wildman–Crippen LogP) is 6.02. The summed E-state index contributed by atoms with van der Waals surface area (Å²) in [4.78, 5) is 40.6. The molecular weight excluding hydrogens is 601 g/mol. The van der Waals surface area contributed by atoms with Gasteiger partial charge in [-0.3, -0.25) is 9.00 Å². The first-order valence-corrected chi connectivity index (χ1v) is 16.3. The molecule has 44 heavy (non-hydrogen) atoms. The van der Waals surface area contributed by atoms with E-state index in [1.807, 2.05) is 45.6 Å². The van der Waals surface area contributed by atoms with E-state index in [1.54, 1.807) is 41.5 Å². The molecule has 0 bridgehead atoms. The molecule has 4 aromatic rings. The van der Waals surface area contributed by atoms with Gasteiger partial charge in [0.2, 0.25) is 5.91 Å². The normalized spacial score (nSPS) is 17.8. The number of rotatable bonds is 6. The zero-order chi connectivity index (χ0) is 32.0. The molecule has 8 nitrogen and oxygen atoms in total. The smallest absolute Gasteiger partial charge is 0.349 e. The standard InChI is InChI=1S/C33H35ClFN5O3S/c1-8-28(41)38-16-21(6)39(17-20(38)5)31-25-15-26(34)29(23-11-9-10-12-27(23)35)36-32(25)40(33(42)37-31)30-19(4)13-22(44(7)43)14-24(30)18(2)3/h8-15,18,20-21H,1,16-17H2,2-7H3/t20-,21-,44?/m0/s1. The van der Waals surface area contributed by atoms with Crippen molar-refractivity contribution in [2.45, 2.75) is 57.5 Å². The average Bonchev–Trinajstić information content (AvgIpc) is 2.97. The van der Waals surface area contributed by atoms with Crippen molar-refractivity contribution >= 4 is 45.2 Å². The summed E-state index contributed by atoms with van der Waals surface area (Å²) in [7, 11) is -1.24. The average molecular weight is 636 g/mol. The van der Waals surface area contributed by atoms with Crippen molar-refractivity contribution in [2.75, 3.05) is 24.2 Å². The number of halogens is 2. The van der Waals surface area contributed by atoms with E-state index < -0.39 is 22.3 Å². The summed E-state index contributed by atoms with van der Waals surface area (Å²) in [5, 5.41) is 0.712. The number of benzene rings is 2. The molecule has 1 amide bonds. The molecule has 230 valence electrons. The number of hydrogen-bond acceptors (Lipinski definition) is 6. The third-order valence-electron chi connectivity index (χ3n) is 8.13. The number of fused-ring (bicyclic) bond motifs is 1. The van der Waals surface area contributed by atoms with Gasteiger partial charge in [-0.05, 0) is 74.2 Å². The number of carbonyl (C=O) groups is 1. The Kier molecular flexibility index (Phi) is 8.77.